The van der Waals surface area contributed by atoms with Crippen LogP contribution in [0.4, 0.5) is 5.69 Å². The number of aliphatic hydroxyl groups is 1. The number of nitrogens with zero attached hydrogens (tertiary/aromatic N) is 1. The lowest BCUT2D eigenvalue weighted by molar-refractivity contribution is -0.130. The summed E-state index contributed by atoms with van der Waals surface area (Å²) in [5, 5.41) is 13.4. The second kappa shape index (κ2) is 6.96. The summed E-state index contributed by atoms with van der Waals surface area (Å²) in [5.74, 6) is 0.0184. The van der Waals surface area contributed by atoms with Crippen LogP contribution in [-0.4, -0.2) is 53.4 Å². The van der Waals surface area contributed by atoms with Gasteiger partial charge in [0, 0.05) is 37.0 Å². The Kier molecular flexibility index (Phi) is 4.69. The average Bonchev–Trinajstić information content (AvgIpc) is 2.60. The van der Waals surface area contributed by atoms with Gasteiger partial charge in [-0.2, -0.15) is 0 Å². The number of amides is 1. The van der Waals surface area contributed by atoms with E-state index < -0.39 is 0 Å². The Morgan fingerprint density at radius 1 is 1.28 bits per heavy atom. The van der Waals surface area contributed by atoms with Gasteiger partial charge in [-0.25, -0.2) is 0 Å². The zero-order valence-electron chi connectivity index (χ0n) is 14.7. The van der Waals surface area contributed by atoms with Crippen LogP contribution in [0.3, 0.4) is 0 Å². The number of benzene rings is 1. The molecule has 1 amide bonds. The third-order valence-electron chi connectivity index (χ3n) is 5.92. The van der Waals surface area contributed by atoms with E-state index in [0.717, 1.165) is 44.5 Å². The molecule has 0 aromatic heterocycles. The maximum Gasteiger partial charge on any atom is 0.254 e. The topological polar surface area (TPSA) is 61.8 Å². The minimum absolute atomic E-state index is 0.0184. The van der Waals surface area contributed by atoms with Gasteiger partial charge in [-0.1, -0.05) is 6.07 Å². The van der Waals surface area contributed by atoms with Crippen molar-refractivity contribution in [2.24, 2.45) is 0 Å². The standard InChI is InChI=1S/C20H28N2O3/c23-18-6-2-10-22(14-18)19(24)15-4-1-5-16(12-15)21-17-7-11-25-20(13-17)8-3-9-20/h1,4-5,12,17-18,21,23H,2-3,6-11,13-14H2. The number of β-amino-alcohol motifs (C(OH)–C–C–N with tert-alkyl or cyclic N) is 1. The molecule has 25 heavy (non-hydrogen) atoms. The van der Waals surface area contributed by atoms with Gasteiger partial charge < -0.3 is 20.1 Å². The van der Waals surface area contributed by atoms with Gasteiger partial charge in [-0.3, -0.25) is 4.79 Å². The van der Waals surface area contributed by atoms with Crippen LogP contribution < -0.4 is 5.32 Å². The maximum absolute atomic E-state index is 12.7. The van der Waals surface area contributed by atoms with Crippen LogP contribution in [0.1, 0.15) is 55.3 Å². The lowest BCUT2D eigenvalue weighted by atomic mass is 9.74. The summed E-state index contributed by atoms with van der Waals surface area (Å²) < 4.78 is 6.00. The van der Waals surface area contributed by atoms with Gasteiger partial charge in [0.25, 0.3) is 5.91 Å². The van der Waals surface area contributed by atoms with Crippen LogP contribution in [-0.2, 0) is 4.74 Å². The Labute approximate surface area is 149 Å². The van der Waals surface area contributed by atoms with E-state index in [-0.39, 0.29) is 17.6 Å². The molecule has 1 aromatic carbocycles. The van der Waals surface area contributed by atoms with Crippen molar-refractivity contribution in [2.45, 2.75) is 62.7 Å². The van der Waals surface area contributed by atoms with Crippen molar-refractivity contribution in [3.8, 4) is 0 Å². The number of hydrogen-bond donors (Lipinski definition) is 2. The van der Waals surface area contributed by atoms with E-state index in [1.54, 1.807) is 4.90 Å². The van der Waals surface area contributed by atoms with Crippen LogP contribution in [0.25, 0.3) is 0 Å². The van der Waals surface area contributed by atoms with E-state index in [9.17, 15) is 9.90 Å². The first-order valence-corrected chi connectivity index (χ1v) is 9.61. The summed E-state index contributed by atoms with van der Waals surface area (Å²) in [6.45, 7) is 2.00. The van der Waals surface area contributed by atoms with E-state index in [4.69, 9.17) is 4.74 Å². The van der Waals surface area contributed by atoms with E-state index >= 15 is 0 Å². The molecule has 0 bridgehead atoms. The quantitative estimate of drug-likeness (QED) is 0.885. The van der Waals surface area contributed by atoms with Gasteiger partial charge in [-0.05, 0) is 63.1 Å². The molecule has 136 valence electrons. The van der Waals surface area contributed by atoms with Gasteiger partial charge >= 0.3 is 0 Å². The second-order valence-electron chi connectivity index (χ2n) is 7.85. The number of likely N-dealkylation sites (tertiary alicyclic amines) is 1. The fraction of sp³-hybridized carbons (Fsp3) is 0.650. The summed E-state index contributed by atoms with van der Waals surface area (Å²) in [6.07, 6.45) is 6.98. The van der Waals surface area contributed by atoms with E-state index in [1.165, 1.54) is 19.3 Å². The number of piperidine rings is 1. The smallest absolute Gasteiger partial charge is 0.254 e. The van der Waals surface area contributed by atoms with Crippen LogP contribution in [0, 0.1) is 0 Å². The lowest BCUT2D eigenvalue weighted by Crippen LogP contribution is -2.49. The fourth-order valence-corrected chi connectivity index (χ4v) is 4.37. The normalized spacial score (nSPS) is 28.4. The summed E-state index contributed by atoms with van der Waals surface area (Å²) in [4.78, 5) is 14.5. The largest absolute Gasteiger partial charge is 0.391 e. The summed E-state index contributed by atoms with van der Waals surface area (Å²) >= 11 is 0. The molecule has 3 aliphatic rings. The molecule has 3 fully saturated rings. The summed E-state index contributed by atoms with van der Waals surface area (Å²) in [6, 6.07) is 8.20. The molecule has 0 radical (unpaired) electrons. The summed E-state index contributed by atoms with van der Waals surface area (Å²) in [5.41, 5.74) is 1.82. The maximum atomic E-state index is 12.7. The molecule has 2 aliphatic heterocycles. The number of carbonyl (C=O) groups is 1. The molecule has 2 unspecified atom stereocenters. The molecule has 1 spiro atoms. The van der Waals surface area contributed by atoms with Crippen LogP contribution in [0.5, 0.6) is 0 Å². The number of nitrogens with one attached hydrogen (secondary N) is 1. The number of ether oxygens (including phenoxy) is 1. The first kappa shape index (κ1) is 16.9. The number of aliphatic hydroxyl groups excluding tert-OH is 1. The second-order valence-corrected chi connectivity index (χ2v) is 7.85. The van der Waals surface area contributed by atoms with Crippen molar-refractivity contribution < 1.29 is 14.6 Å². The molecule has 1 saturated carbocycles. The SMILES string of the molecule is O=C(c1cccc(NC2CCOC3(CCC3)C2)c1)N1CCCC(O)C1. The predicted octanol–water partition coefficient (Wildman–Crippen LogP) is 2.80. The molecule has 2 N–H and O–H groups in total. The minimum atomic E-state index is -0.389. The molecule has 2 saturated heterocycles. The predicted molar refractivity (Wildman–Crippen MR) is 96.8 cm³/mol. The van der Waals surface area contributed by atoms with Crippen molar-refractivity contribution in [3.63, 3.8) is 0 Å². The van der Waals surface area contributed by atoms with Crippen molar-refractivity contribution in [2.75, 3.05) is 25.0 Å². The third-order valence-corrected chi connectivity index (χ3v) is 5.92. The number of rotatable bonds is 3. The molecular formula is C20H28N2O3. The average molecular weight is 344 g/mol. The highest BCUT2D eigenvalue weighted by Gasteiger charge is 2.42. The highest BCUT2D eigenvalue weighted by Crippen LogP contribution is 2.42. The van der Waals surface area contributed by atoms with Crippen molar-refractivity contribution >= 4 is 11.6 Å². The molecule has 2 atom stereocenters. The lowest BCUT2D eigenvalue weighted by Gasteiger charge is -2.47. The van der Waals surface area contributed by atoms with Gasteiger partial charge in [-0.15, -0.1) is 0 Å². The monoisotopic (exact) mass is 344 g/mol. The Morgan fingerprint density at radius 2 is 2.16 bits per heavy atom. The van der Waals surface area contributed by atoms with Crippen molar-refractivity contribution in [3.05, 3.63) is 29.8 Å². The minimum Gasteiger partial charge on any atom is -0.391 e. The van der Waals surface area contributed by atoms with Gasteiger partial charge in [0.15, 0.2) is 0 Å². The van der Waals surface area contributed by atoms with Crippen LogP contribution in [0.2, 0.25) is 0 Å². The molecule has 5 nitrogen and oxygen atoms in total. The first-order chi connectivity index (χ1) is 12.1. The van der Waals surface area contributed by atoms with E-state index in [1.807, 2.05) is 24.3 Å². The molecule has 4 rings (SSSR count). The third kappa shape index (κ3) is 3.67. The van der Waals surface area contributed by atoms with Crippen LogP contribution in [0.15, 0.2) is 24.3 Å². The zero-order chi connectivity index (χ0) is 17.3. The number of hydrogen-bond acceptors (Lipinski definition) is 4. The summed E-state index contributed by atoms with van der Waals surface area (Å²) in [7, 11) is 0. The zero-order valence-corrected chi connectivity index (χ0v) is 14.7. The number of carbonyl (C=O) groups excluding carboxylic acids is 1. The van der Waals surface area contributed by atoms with E-state index in [2.05, 4.69) is 5.32 Å². The Hall–Kier alpha value is -1.59. The highest BCUT2D eigenvalue weighted by atomic mass is 16.5. The molecule has 1 aromatic rings. The number of anilines is 1. The Balaban J connectivity index is 1.41. The molecule has 1 aliphatic carbocycles. The molecular weight excluding hydrogens is 316 g/mol. The van der Waals surface area contributed by atoms with Crippen molar-refractivity contribution in [1.29, 1.82) is 0 Å². The van der Waals surface area contributed by atoms with Gasteiger partial charge in [0.2, 0.25) is 0 Å². The highest BCUT2D eigenvalue weighted by molar-refractivity contribution is 5.95. The molecule has 2 heterocycles. The molecule has 5 heteroatoms. The fourth-order valence-electron chi connectivity index (χ4n) is 4.37. The van der Waals surface area contributed by atoms with Gasteiger partial charge in [0.05, 0.1) is 11.7 Å². The van der Waals surface area contributed by atoms with Crippen molar-refractivity contribution in [1.82, 2.24) is 4.90 Å². The van der Waals surface area contributed by atoms with Crippen LogP contribution >= 0.6 is 0 Å². The Morgan fingerprint density at radius 3 is 2.92 bits per heavy atom. The Bertz CT molecular complexity index is 629. The first-order valence-electron chi connectivity index (χ1n) is 9.61. The van der Waals surface area contributed by atoms with Gasteiger partial charge in [0.1, 0.15) is 0 Å². The van der Waals surface area contributed by atoms with E-state index in [0.29, 0.717) is 18.2 Å².